The van der Waals surface area contributed by atoms with Crippen LogP contribution in [0.3, 0.4) is 0 Å². The number of hydrogen-bond acceptors (Lipinski definition) is 3. The van der Waals surface area contributed by atoms with Gasteiger partial charge in [0.25, 0.3) is 0 Å². The third-order valence-electron chi connectivity index (χ3n) is 1.40. The monoisotopic (exact) mass is 154 g/mol. The Morgan fingerprint density at radius 3 is 2.91 bits per heavy atom. The van der Waals surface area contributed by atoms with Crippen molar-refractivity contribution in [1.29, 1.82) is 0 Å². The Balaban J connectivity index is 2.84. The van der Waals surface area contributed by atoms with Crippen LogP contribution in [0.25, 0.3) is 0 Å². The summed E-state index contributed by atoms with van der Waals surface area (Å²) in [4.78, 5) is 10.6. The number of rotatable bonds is 1. The molecule has 0 aromatic rings. The standard InChI is InChI=1S/C7H10N2O2/c1-5-2-6(7(8)10)4-9(11)3-5/h2-3,11H,4H2,1H3,(H2,8,10). The SMILES string of the molecule is CC1=CN(O)CC(C(N)=O)=C1. The molecule has 60 valence electrons. The Morgan fingerprint density at radius 2 is 2.45 bits per heavy atom. The van der Waals surface area contributed by atoms with E-state index < -0.39 is 5.91 Å². The minimum Gasteiger partial charge on any atom is -0.366 e. The summed E-state index contributed by atoms with van der Waals surface area (Å²) in [5.74, 6) is -0.489. The van der Waals surface area contributed by atoms with E-state index in [0.717, 1.165) is 10.6 Å². The molecule has 0 fully saturated rings. The van der Waals surface area contributed by atoms with Crippen molar-refractivity contribution < 1.29 is 10.0 Å². The number of amides is 1. The van der Waals surface area contributed by atoms with Gasteiger partial charge in [-0.3, -0.25) is 15.1 Å². The third kappa shape index (κ3) is 1.81. The molecule has 1 heterocycles. The van der Waals surface area contributed by atoms with Crippen molar-refractivity contribution in [3.05, 3.63) is 23.4 Å². The highest BCUT2D eigenvalue weighted by Crippen LogP contribution is 2.10. The van der Waals surface area contributed by atoms with Gasteiger partial charge in [0.05, 0.1) is 6.54 Å². The van der Waals surface area contributed by atoms with Crippen molar-refractivity contribution in [2.45, 2.75) is 6.92 Å². The summed E-state index contributed by atoms with van der Waals surface area (Å²) < 4.78 is 0. The number of hydroxylamine groups is 2. The van der Waals surface area contributed by atoms with Crippen LogP contribution in [0.5, 0.6) is 0 Å². The summed E-state index contributed by atoms with van der Waals surface area (Å²) in [7, 11) is 0. The van der Waals surface area contributed by atoms with Gasteiger partial charge in [0.2, 0.25) is 5.91 Å². The van der Waals surface area contributed by atoms with E-state index in [4.69, 9.17) is 10.9 Å². The Morgan fingerprint density at radius 1 is 1.82 bits per heavy atom. The fraction of sp³-hybridized carbons (Fsp3) is 0.286. The first-order chi connectivity index (χ1) is 5.09. The van der Waals surface area contributed by atoms with Gasteiger partial charge in [0.1, 0.15) is 0 Å². The lowest BCUT2D eigenvalue weighted by molar-refractivity contribution is -0.116. The molecular weight excluding hydrogens is 144 g/mol. The van der Waals surface area contributed by atoms with Gasteiger partial charge in [-0.15, -0.1) is 0 Å². The molecule has 3 N–H and O–H groups in total. The van der Waals surface area contributed by atoms with Gasteiger partial charge in [0.15, 0.2) is 0 Å². The molecule has 1 aliphatic rings. The molecule has 0 bridgehead atoms. The average molecular weight is 154 g/mol. The van der Waals surface area contributed by atoms with E-state index in [0.29, 0.717) is 5.57 Å². The molecule has 0 unspecified atom stereocenters. The predicted molar refractivity (Wildman–Crippen MR) is 39.5 cm³/mol. The van der Waals surface area contributed by atoms with Crippen LogP contribution in [0.2, 0.25) is 0 Å². The smallest absolute Gasteiger partial charge is 0.246 e. The molecule has 0 atom stereocenters. The van der Waals surface area contributed by atoms with E-state index in [9.17, 15) is 4.79 Å². The van der Waals surface area contributed by atoms with Crippen molar-refractivity contribution in [2.24, 2.45) is 5.73 Å². The first-order valence-electron chi connectivity index (χ1n) is 3.24. The molecule has 0 aromatic heterocycles. The fourth-order valence-electron chi connectivity index (χ4n) is 0.962. The van der Waals surface area contributed by atoms with Crippen LogP contribution >= 0.6 is 0 Å². The lowest BCUT2D eigenvalue weighted by Crippen LogP contribution is -2.27. The van der Waals surface area contributed by atoms with E-state index in [1.165, 1.54) is 6.20 Å². The van der Waals surface area contributed by atoms with Crippen molar-refractivity contribution in [3.63, 3.8) is 0 Å². The number of nitrogens with two attached hydrogens (primary N) is 1. The van der Waals surface area contributed by atoms with E-state index >= 15 is 0 Å². The Hall–Kier alpha value is -1.29. The van der Waals surface area contributed by atoms with Crippen LogP contribution in [-0.4, -0.2) is 22.7 Å². The Labute approximate surface area is 64.6 Å². The molecule has 0 radical (unpaired) electrons. The Kier molecular flexibility index (Phi) is 1.96. The van der Waals surface area contributed by atoms with Crippen LogP contribution in [0.1, 0.15) is 6.92 Å². The molecule has 0 saturated heterocycles. The third-order valence-corrected chi connectivity index (χ3v) is 1.40. The zero-order valence-electron chi connectivity index (χ0n) is 6.24. The molecular formula is C7H10N2O2. The molecule has 0 aliphatic carbocycles. The zero-order valence-corrected chi connectivity index (χ0v) is 6.24. The van der Waals surface area contributed by atoms with E-state index in [2.05, 4.69) is 0 Å². The first-order valence-corrected chi connectivity index (χ1v) is 3.24. The van der Waals surface area contributed by atoms with Crippen molar-refractivity contribution in [1.82, 2.24) is 5.06 Å². The maximum absolute atomic E-state index is 10.6. The van der Waals surface area contributed by atoms with Crippen molar-refractivity contribution in [2.75, 3.05) is 6.54 Å². The van der Waals surface area contributed by atoms with Crippen LogP contribution in [0, 0.1) is 0 Å². The molecule has 11 heavy (non-hydrogen) atoms. The first kappa shape index (κ1) is 7.81. The molecule has 1 rings (SSSR count). The van der Waals surface area contributed by atoms with E-state index in [1.807, 2.05) is 0 Å². The number of primary amides is 1. The van der Waals surface area contributed by atoms with Crippen molar-refractivity contribution >= 4 is 5.91 Å². The van der Waals surface area contributed by atoms with Gasteiger partial charge in [-0.2, -0.15) is 0 Å². The second kappa shape index (κ2) is 2.75. The maximum atomic E-state index is 10.6. The number of allylic oxidation sites excluding steroid dienone is 2. The van der Waals surface area contributed by atoms with Gasteiger partial charge in [-0.1, -0.05) is 0 Å². The van der Waals surface area contributed by atoms with Gasteiger partial charge >= 0.3 is 0 Å². The predicted octanol–water partition coefficient (Wildman–Crippen LogP) is 0.00670. The van der Waals surface area contributed by atoms with Gasteiger partial charge in [-0.05, 0) is 18.6 Å². The Bertz CT molecular complexity index is 243. The highest BCUT2D eigenvalue weighted by atomic mass is 16.5. The lowest BCUT2D eigenvalue weighted by Gasteiger charge is -2.17. The quantitative estimate of drug-likeness (QED) is 0.559. The molecule has 0 aromatic carbocycles. The van der Waals surface area contributed by atoms with Crippen LogP contribution in [0.4, 0.5) is 0 Å². The number of carbonyl (C=O) groups is 1. The molecule has 4 nitrogen and oxygen atoms in total. The number of carbonyl (C=O) groups excluding carboxylic acids is 1. The molecule has 1 aliphatic heterocycles. The van der Waals surface area contributed by atoms with Crippen LogP contribution < -0.4 is 5.73 Å². The molecule has 1 amide bonds. The minimum absolute atomic E-state index is 0.173. The van der Waals surface area contributed by atoms with E-state index in [1.54, 1.807) is 13.0 Å². The molecule has 0 spiro atoms. The summed E-state index contributed by atoms with van der Waals surface area (Å²) >= 11 is 0. The largest absolute Gasteiger partial charge is 0.366 e. The average Bonchev–Trinajstić information content (AvgIpc) is 1.85. The zero-order chi connectivity index (χ0) is 8.43. The van der Waals surface area contributed by atoms with Gasteiger partial charge in [-0.25, -0.2) is 0 Å². The topological polar surface area (TPSA) is 66.6 Å². The fourth-order valence-corrected chi connectivity index (χ4v) is 0.962. The second-order valence-corrected chi connectivity index (χ2v) is 2.50. The maximum Gasteiger partial charge on any atom is 0.246 e. The molecule has 4 heteroatoms. The normalized spacial score (nSPS) is 17.5. The summed E-state index contributed by atoms with van der Waals surface area (Å²) in [6.45, 7) is 1.96. The lowest BCUT2D eigenvalue weighted by atomic mass is 10.1. The summed E-state index contributed by atoms with van der Waals surface area (Å²) in [5.41, 5.74) is 6.26. The minimum atomic E-state index is -0.489. The van der Waals surface area contributed by atoms with E-state index in [-0.39, 0.29) is 6.54 Å². The van der Waals surface area contributed by atoms with Crippen molar-refractivity contribution in [3.8, 4) is 0 Å². The van der Waals surface area contributed by atoms with Gasteiger partial charge in [0, 0.05) is 11.8 Å². The second-order valence-electron chi connectivity index (χ2n) is 2.50. The highest BCUT2D eigenvalue weighted by Gasteiger charge is 2.11. The summed E-state index contributed by atoms with van der Waals surface area (Å²) in [6, 6.07) is 0. The highest BCUT2D eigenvalue weighted by molar-refractivity contribution is 5.93. The molecule has 0 saturated carbocycles. The number of nitrogens with zero attached hydrogens (tertiary/aromatic N) is 1. The summed E-state index contributed by atoms with van der Waals surface area (Å²) in [6.07, 6.45) is 3.20. The van der Waals surface area contributed by atoms with Crippen LogP contribution in [-0.2, 0) is 4.79 Å². The van der Waals surface area contributed by atoms with Crippen LogP contribution in [0.15, 0.2) is 23.4 Å². The number of hydrogen-bond donors (Lipinski definition) is 2. The summed E-state index contributed by atoms with van der Waals surface area (Å²) in [5, 5.41) is 9.95. The van der Waals surface area contributed by atoms with Gasteiger partial charge < -0.3 is 5.73 Å².